The smallest absolute Gasteiger partial charge is 0.250 e. The Labute approximate surface area is 135 Å². The fourth-order valence-electron chi connectivity index (χ4n) is 2.09. The van der Waals surface area contributed by atoms with E-state index in [2.05, 4.69) is 23.0 Å². The van der Waals surface area contributed by atoms with Gasteiger partial charge >= 0.3 is 0 Å². The van der Waals surface area contributed by atoms with Crippen molar-refractivity contribution in [1.82, 2.24) is 15.0 Å². The summed E-state index contributed by atoms with van der Waals surface area (Å²) in [6.07, 6.45) is 3.45. The predicted octanol–water partition coefficient (Wildman–Crippen LogP) is 2.64. The van der Waals surface area contributed by atoms with Crippen molar-refractivity contribution in [1.29, 1.82) is 5.26 Å². The van der Waals surface area contributed by atoms with Crippen LogP contribution in [0.3, 0.4) is 0 Å². The fourth-order valence-corrected chi connectivity index (χ4v) is 2.09. The van der Waals surface area contributed by atoms with E-state index >= 15 is 0 Å². The van der Waals surface area contributed by atoms with Crippen molar-refractivity contribution in [2.45, 2.75) is 32.9 Å². The number of amides is 1. The van der Waals surface area contributed by atoms with Gasteiger partial charge in [0.15, 0.2) is 0 Å². The minimum atomic E-state index is -0.211. The Morgan fingerprint density at radius 1 is 1.43 bits per heavy atom. The molecular formula is C17H19N5O. The monoisotopic (exact) mass is 309 g/mol. The Morgan fingerprint density at radius 2 is 2.13 bits per heavy atom. The van der Waals surface area contributed by atoms with Crippen molar-refractivity contribution in [3.8, 4) is 6.07 Å². The second-order valence-electron chi connectivity index (χ2n) is 5.41. The van der Waals surface area contributed by atoms with E-state index < -0.39 is 0 Å². The molecule has 6 heteroatoms. The van der Waals surface area contributed by atoms with Gasteiger partial charge < -0.3 is 4.90 Å². The van der Waals surface area contributed by atoms with Crippen molar-refractivity contribution in [3.63, 3.8) is 0 Å². The largest absolute Gasteiger partial charge is 0.303 e. The van der Waals surface area contributed by atoms with Gasteiger partial charge in [0.2, 0.25) is 0 Å². The molecule has 23 heavy (non-hydrogen) atoms. The van der Waals surface area contributed by atoms with Crippen molar-refractivity contribution in [3.05, 3.63) is 54.4 Å². The average molecular weight is 309 g/mol. The van der Waals surface area contributed by atoms with E-state index in [9.17, 15) is 4.79 Å². The zero-order chi connectivity index (χ0) is 16.8. The molecule has 1 aromatic carbocycles. The average Bonchev–Trinajstić information content (AvgIpc) is 3.02. The number of anilines is 1. The van der Waals surface area contributed by atoms with Crippen LogP contribution in [0.2, 0.25) is 0 Å². The van der Waals surface area contributed by atoms with E-state index in [1.807, 2.05) is 44.3 Å². The van der Waals surface area contributed by atoms with Gasteiger partial charge in [-0.2, -0.15) is 5.26 Å². The van der Waals surface area contributed by atoms with Crippen LogP contribution in [0.5, 0.6) is 0 Å². The van der Waals surface area contributed by atoms with Gasteiger partial charge in [0.05, 0.1) is 25.2 Å². The minimum Gasteiger partial charge on any atom is -0.303 e. The first-order valence-electron chi connectivity index (χ1n) is 7.35. The molecule has 1 amide bonds. The van der Waals surface area contributed by atoms with Gasteiger partial charge in [-0.25, -0.2) is 4.68 Å². The summed E-state index contributed by atoms with van der Waals surface area (Å²) in [6.45, 7) is 7.89. The lowest BCUT2D eigenvalue weighted by Gasteiger charge is -2.20. The molecule has 2 rings (SSSR count). The molecule has 2 aromatic rings. The highest BCUT2D eigenvalue weighted by atomic mass is 16.2. The quantitative estimate of drug-likeness (QED) is 0.769. The number of carbonyl (C=O) groups excluding carboxylic acids is 1. The van der Waals surface area contributed by atoms with Gasteiger partial charge in [-0.3, -0.25) is 4.79 Å². The van der Waals surface area contributed by atoms with Gasteiger partial charge in [0.25, 0.3) is 5.91 Å². The third-order valence-corrected chi connectivity index (χ3v) is 3.38. The molecular weight excluding hydrogens is 290 g/mol. The summed E-state index contributed by atoms with van der Waals surface area (Å²) >= 11 is 0. The molecule has 6 nitrogen and oxygen atoms in total. The van der Waals surface area contributed by atoms with E-state index in [1.165, 1.54) is 6.08 Å². The van der Waals surface area contributed by atoms with Crippen LogP contribution >= 0.6 is 0 Å². The molecule has 0 aliphatic rings. The van der Waals surface area contributed by atoms with E-state index in [0.717, 1.165) is 11.3 Å². The number of nitrogens with zero attached hydrogens (tertiary/aromatic N) is 5. The molecule has 0 aliphatic heterocycles. The second-order valence-corrected chi connectivity index (χ2v) is 5.41. The lowest BCUT2D eigenvalue weighted by atomic mass is 10.1. The van der Waals surface area contributed by atoms with Gasteiger partial charge in [-0.1, -0.05) is 23.9 Å². The molecule has 118 valence electrons. The molecule has 0 spiro atoms. The summed E-state index contributed by atoms with van der Waals surface area (Å²) in [5.41, 5.74) is 2.35. The van der Waals surface area contributed by atoms with Gasteiger partial charge in [0.1, 0.15) is 5.69 Å². The fraction of sp³-hybridized carbons (Fsp3) is 0.294. The highest BCUT2D eigenvalue weighted by Gasteiger charge is 2.16. The molecule has 0 N–H and O–H groups in total. The van der Waals surface area contributed by atoms with Gasteiger partial charge in [-0.15, -0.1) is 5.10 Å². The number of nitriles is 1. The first-order valence-corrected chi connectivity index (χ1v) is 7.35. The maximum Gasteiger partial charge on any atom is 0.250 e. The van der Waals surface area contributed by atoms with E-state index in [-0.39, 0.29) is 11.9 Å². The molecule has 1 aromatic heterocycles. The van der Waals surface area contributed by atoms with Crippen LogP contribution in [0.15, 0.2) is 43.1 Å². The number of hydrogen-bond acceptors (Lipinski definition) is 4. The minimum absolute atomic E-state index is 0.211. The molecule has 0 saturated carbocycles. The van der Waals surface area contributed by atoms with Crippen LogP contribution in [-0.2, 0) is 17.8 Å². The molecule has 0 fully saturated rings. The number of rotatable bonds is 6. The highest BCUT2D eigenvalue weighted by molar-refractivity contribution is 6.00. The SMILES string of the molecule is C=CC(=O)N(Cc1cn(C(C)C)nn1)c1ccc(CC#N)cc1. The number of aromatic nitrogens is 3. The maximum absolute atomic E-state index is 12.2. The Kier molecular flexibility index (Phi) is 5.26. The van der Waals surface area contributed by atoms with Crippen molar-refractivity contribution >= 4 is 11.6 Å². The lowest BCUT2D eigenvalue weighted by molar-refractivity contribution is -0.114. The van der Waals surface area contributed by atoms with Crippen molar-refractivity contribution in [2.24, 2.45) is 0 Å². The Hall–Kier alpha value is -2.94. The first kappa shape index (κ1) is 16.4. The van der Waals surface area contributed by atoms with Crippen molar-refractivity contribution < 1.29 is 4.79 Å². The van der Waals surface area contributed by atoms with Crippen LogP contribution in [-0.4, -0.2) is 20.9 Å². The molecule has 0 unspecified atom stereocenters. The lowest BCUT2D eigenvalue weighted by Crippen LogP contribution is -2.28. The van der Waals surface area contributed by atoms with E-state index in [0.29, 0.717) is 18.7 Å². The van der Waals surface area contributed by atoms with Crippen LogP contribution in [0.1, 0.15) is 31.1 Å². The third-order valence-electron chi connectivity index (χ3n) is 3.38. The third kappa shape index (κ3) is 4.04. The van der Waals surface area contributed by atoms with Crippen molar-refractivity contribution in [2.75, 3.05) is 4.90 Å². The Balaban J connectivity index is 2.24. The number of hydrogen-bond donors (Lipinski definition) is 0. The van der Waals surface area contributed by atoms with E-state index in [4.69, 9.17) is 5.26 Å². The molecule has 0 bridgehead atoms. The summed E-state index contributed by atoms with van der Waals surface area (Å²) in [5, 5.41) is 16.9. The zero-order valence-electron chi connectivity index (χ0n) is 13.3. The first-order chi connectivity index (χ1) is 11.0. The summed E-state index contributed by atoms with van der Waals surface area (Å²) in [6, 6.07) is 9.64. The summed E-state index contributed by atoms with van der Waals surface area (Å²) in [7, 11) is 0. The molecule has 0 saturated heterocycles. The maximum atomic E-state index is 12.2. The molecule has 0 radical (unpaired) electrons. The molecule has 0 aliphatic carbocycles. The standard InChI is InChI=1S/C17H19N5O/c1-4-17(23)21(11-15-12-22(13(2)3)20-19-15)16-7-5-14(6-8-16)9-10-18/h4-8,12-13H,1,9,11H2,2-3H3. The topological polar surface area (TPSA) is 74.8 Å². The summed E-state index contributed by atoms with van der Waals surface area (Å²) < 4.78 is 1.75. The Bertz CT molecular complexity index is 724. The van der Waals surface area contributed by atoms with Crippen LogP contribution in [0.25, 0.3) is 0 Å². The molecule has 0 atom stereocenters. The van der Waals surface area contributed by atoms with Crippen LogP contribution < -0.4 is 4.90 Å². The number of carbonyl (C=O) groups is 1. The summed E-state index contributed by atoms with van der Waals surface area (Å²) in [4.78, 5) is 13.7. The van der Waals surface area contributed by atoms with E-state index in [1.54, 1.807) is 9.58 Å². The van der Waals surface area contributed by atoms with Gasteiger partial charge in [0, 0.05) is 11.7 Å². The summed E-state index contributed by atoms with van der Waals surface area (Å²) in [5.74, 6) is -0.211. The highest BCUT2D eigenvalue weighted by Crippen LogP contribution is 2.19. The van der Waals surface area contributed by atoms with Gasteiger partial charge in [-0.05, 0) is 37.6 Å². The normalized spacial score (nSPS) is 10.3. The second kappa shape index (κ2) is 7.36. The number of benzene rings is 1. The van der Waals surface area contributed by atoms with Crippen LogP contribution in [0, 0.1) is 11.3 Å². The van der Waals surface area contributed by atoms with Crippen LogP contribution in [0.4, 0.5) is 5.69 Å². The zero-order valence-corrected chi connectivity index (χ0v) is 13.3. The Morgan fingerprint density at radius 3 is 2.65 bits per heavy atom. The predicted molar refractivity (Wildman–Crippen MR) is 87.6 cm³/mol. The molecule has 1 heterocycles.